The third-order valence-electron chi connectivity index (χ3n) is 2.49. The van der Waals surface area contributed by atoms with E-state index in [2.05, 4.69) is 0 Å². The summed E-state index contributed by atoms with van der Waals surface area (Å²) in [4.78, 5) is 0. The molecule has 84 valence electrons. The third-order valence-corrected chi connectivity index (χ3v) is 2.59. The monoisotopic (exact) mass is 238 g/mol. The fourth-order valence-corrected chi connectivity index (χ4v) is 1.92. The molecule has 0 saturated heterocycles. The van der Waals surface area contributed by atoms with E-state index in [4.69, 9.17) is 16.0 Å². The van der Waals surface area contributed by atoms with Crippen molar-refractivity contribution in [2.75, 3.05) is 0 Å². The second-order valence-electron chi connectivity index (χ2n) is 3.65. The first-order valence-electron chi connectivity index (χ1n) is 5.17. The van der Waals surface area contributed by atoms with E-state index in [-0.39, 0.29) is 5.82 Å². The predicted octanol–water partition coefficient (Wildman–Crippen LogP) is 4.73. The van der Waals surface area contributed by atoms with Crippen molar-refractivity contribution < 1.29 is 8.81 Å². The average Bonchev–Trinajstić information content (AvgIpc) is 2.56. The van der Waals surface area contributed by atoms with Crippen LogP contribution in [0.3, 0.4) is 0 Å². The van der Waals surface area contributed by atoms with Crippen LogP contribution in [0, 0.1) is 5.82 Å². The third kappa shape index (κ3) is 1.85. The molecule has 0 fully saturated rings. The molecule has 0 aliphatic heterocycles. The molecule has 0 atom stereocenters. The van der Waals surface area contributed by atoms with E-state index >= 15 is 0 Å². The van der Waals surface area contributed by atoms with Crippen molar-refractivity contribution in [2.45, 2.75) is 20.3 Å². The minimum atomic E-state index is -0.334. The van der Waals surface area contributed by atoms with E-state index in [1.807, 2.05) is 13.0 Å². The van der Waals surface area contributed by atoms with Gasteiger partial charge in [-0.1, -0.05) is 30.7 Å². The zero-order chi connectivity index (χ0) is 11.7. The topological polar surface area (TPSA) is 13.1 Å². The summed E-state index contributed by atoms with van der Waals surface area (Å²) in [6, 6.07) is 4.95. The molecule has 0 N–H and O–H groups in total. The standard InChI is InChI=1S/C13H12ClFO/c1-3-9-10-5-4-6-11(15)13(10)16-12(9)7-8(2)14/h4-7H,3H2,1-2H3/b8-7+. The first-order valence-corrected chi connectivity index (χ1v) is 5.55. The molecular formula is C13H12ClFO. The number of para-hydroxylation sites is 1. The van der Waals surface area contributed by atoms with Crippen molar-refractivity contribution >= 4 is 28.6 Å². The Morgan fingerprint density at radius 1 is 1.50 bits per heavy atom. The number of fused-ring (bicyclic) bond motifs is 1. The predicted molar refractivity (Wildman–Crippen MR) is 65.1 cm³/mol. The van der Waals surface area contributed by atoms with Crippen LogP contribution in [0.15, 0.2) is 27.6 Å². The summed E-state index contributed by atoms with van der Waals surface area (Å²) < 4.78 is 19.0. The highest BCUT2D eigenvalue weighted by Gasteiger charge is 2.13. The molecule has 1 nitrogen and oxygen atoms in total. The second kappa shape index (κ2) is 4.30. The average molecular weight is 239 g/mol. The minimum absolute atomic E-state index is 0.309. The Morgan fingerprint density at radius 3 is 2.88 bits per heavy atom. The molecule has 0 unspecified atom stereocenters. The maximum absolute atomic E-state index is 13.5. The van der Waals surface area contributed by atoms with Crippen LogP contribution >= 0.6 is 11.6 Å². The number of hydrogen-bond donors (Lipinski definition) is 0. The van der Waals surface area contributed by atoms with Crippen LogP contribution in [0.4, 0.5) is 4.39 Å². The maximum Gasteiger partial charge on any atom is 0.170 e. The molecule has 1 aromatic carbocycles. The van der Waals surface area contributed by atoms with Crippen LogP contribution in [0.5, 0.6) is 0 Å². The van der Waals surface area contributed by atoms with Gasteiger partial charge >= 0.3 is 0 Å². The summed E-state index contributed by atoms with van der Waals surface area (Å²) in [7, 11) is 0. The van der Waals surface area contributed by atoms with Crippen LogP contribution in [0.1, 0.15) is 25.2 Å². The molecule has 1 heterocycles. The number of halogens is 2. The zero-order valence-electron chi connectivity index (χ0n) is 9.18. The Morgan fingerprint density at radius 2 is 2.25 bits per heavy atom. The highest BCUT2D eigenvalue weighted by molar-refractivity contribution is 6.31. The van der Waals surface area contributed by atoms with Gasteiger partial charge in [-0.3, -0.25) is 0 Å². The summed E-state index contributed by atoms with van der Waals surface area (Å²) in [5.41, 5.74) is 1.30. The molecule has 16 heavy (non-hydrogen) atoms. The van der Waals surface area contributed by atoms with Gasteiger partial charge < -0.3 is 4.42 Å². The van der Waals surface area contributed by atoms with Crippen molar-refractivity contribution in [3.8, 4) is 0 Å². The number of hydrogen-bond acceptors (Lipinski definition) is 1. The van der Waals surface area contributed by atoms with Gasteiger partial charge in [-0.2, -0.15) is 0 Å². The Hall–Kier alpha value is -1.28. The maximum atomic E-state index is 13.5. The Kier molecular flexibility index (Phi) is 3.01. The molecule has 2 aromatic rings. The van der Waals surface area contributed by atoms with Crippen molar-refractivity contribution in [2.24, 2.45) is 0 Å². The second-order valence-corrected chi connectivity index (χ2v) is 4.24. The lowest BCUT2D eigenvalue weighted by Gasteiger charge is -1.94. The molecular weight excluding hydrogens is 227 g/mol. The van der Waals surface area contributed by atoms with E-state index in [0.717, 1.165) is 17.4 Å². The van der Waals surface area contributed by atoms with Gasteiger partial charge in [0.1, 0.15) is 5.76 Å². The van der Waals surface area contributed by atoms with Gasteiger partial charge in [-0.05, 0) is 25.5 Å². The van der Waals surface area contributed by atoms with Crippen molar-refractivity contribution in [3.05, 3.63) is 40.4 Å². The van der Waals surface area contributed by atoms with Gasteiger partial charge in [0.2, 0.25) is 0 Å². The summed E-state index contributed by atoms with van der Waals surface area (Å²) in [5.74, 6) is 0.314. The zero-order valence-corrected chi connectivity index (χ0v) is 9.94. The van der Waals surface area contributed by atoms with Gasteiger partial charge in [-0.15, -0.1) is 0 Å². The number of aryl methyl sites for hydroxylation is 1. The van der Waals surface area contributed by atoms with Crippen LogP contribution < -0.4 is 0 Å². The van der Waals surface area contributed by atoms with Crippen LogP contribution in [0.2, 0.25) is 0 Å². The largest absolute Gasteiger partial charge is 0.453 e. The van der Waals surface area contributed by atoms with Gasteiger partial charge in [0, 0.05) is 16.0 Å². The highest BCUT2D eigenvalue weighted by atomic mass is 35.5. The van der Waals surface area contributed by atoms with Gasteiger partial charge in [0.05, 0.1) is 0 Å². The number of allylic oxidation sites excluding steroid dienone is 1. The van der Waals surface area contributed by atoms with E-state index < -0.39 is 0 Å². The summed E-state index contributed by atoms with van der Waals surface area (Å²) in [6.45, 7) is 3.78. The highest BCUT2D eigenvalue weighted by Crippen LogP contribution is 2.30. The van der Waals surface area contributed by atoms with Gasteiger partial charge in [0.15, 0.2) is 11.4 Å². The van der Waals surface area contributed by atoms with Gasteiger partial charge in [0.25, 0.3) is 0 Å². The lowest BCUT2D eigenvalue weighted by Crippen LogP contribution is -1.81. The number of benzene rings is 1. The quantitative estimate of drug-likeness (QED) is 0.737. The molecule has 0 spiro atoms. The van der Waals surface area contributed by atoms with Crippen molar-refractivity contribution in [1.29, 1.82) is 0 Å². The fourth-order valence-electron chi connectivity index (χ4n) is 1.82. The summed E-state index contributed by atoms with van der Waals surface area (Å²) >= 11 is 5.82. The van der Waals surface area contributed by atoms with E-state index in [1.165, 1.54) is 6.07 Å². The van der Waals surface area contributed by atoms with E-state index in [9.17, 15) is 4.39 Å². The Bertz CT molecular complexity index is 550. The van der Waals surface area contributed by atoms with E-state index in [1.54, 1.807) is 19.1 Å². The summed E-state index contributed by atoms with van der Waals surface area (Å²) in [6.07, 6.45) is 2.51. The van der Waals surface area contributed by atoms with Crippen LogP contribution in [0.25, 0.3) is 17.0 Å². The molecule has 0 aliphatic carbocycles. The van der Waals surface area contributed by atoms with Crippen LogP contribution in [-0.4, -0.2) is 0 Å². The molecule has 1 aromatic heterocycles. The SMILES string of the molecule is CCc1c(/C=C(\C)Cl)oc2c(F)cccc12. The first kappa shape index (κ1) is 11.2. The van der Waals surface area contributed by atoms with Crippen molar-refractivity contribution in [1.82, 2.24) is 0 Å². The van der Waals surface area contributed by atoms with E-state index in [0.29, 0.717) is 16.4 Å². The van der Waals surface area contributed by atoms with Crippen LogP contribution in [-0.2, 0) is 6.42 Å². The normalized spacial score (nSPS) is 12.4. The summed E-state index contributed by atoms with van der Waals surface area (Å²) in [5, 5.41) is 1.45. The molecule has 3 heteroatoms. The smallest absolute Gasteiger partial charge is 0.170 e. The van der Waals surface area contributed by atoms with Gasteiger partial charge in [-0.25, -0.2) is 4.39 Å². The Labute approximate surface area is 98.5 Å². The molecule has 0 saturated carbocycles. The Balaban J connectivity index is 2.76. The molecule has 0 radical (unpaired) electrons. The lowest BCUT2D eigenvalue weighted by atomic mass is 10.1. The molecule has 0 bridgehead atoms. The fraction of sp³-hybridized carbons (Fsp3) is 0.231. The minimum Gasteiger partial charge on any atom is -0.453 e. The first-order chi connectivity index (χ1) is 7.63. The number of furan rings is 1. The molecule has 2 rings (SSSR count). The lowest BCUT2D eigenvalue weighted by molar-refractivity contribution is 0.551. The molecule has 0 amide bonds. The number of rotatable bonds is 2. The molecule has 0 aliphatic rings. The van der Waals surface area contributed by atoms with Crippen molar-refractivity contribution in [3.63, 3.8) is 0 Å².